The normalized spacial score (nSPS) is 15.0. The van der Waals surface area contributed by atoms with E-state index >= 15 is 0 Å². The molecular weight excluding hydrogens is 618 g/mol. The van der Waals surface area contributed by atoms with E-state index in [0.717, 1.165) is 31.7 Å². The van der Waals surface area contributed by atoms with Gasteiger partial charge in [-0.1, -0.05) is 29.8 Å². The van der Waals surface area contributed by atoms with Crippen molar-refractivity contribution in [2.45, 2.75) is 13.5 Å². The molecule has 0 atom stereocenters. The summed E-state index contributed by atoms with van der Waals surface area (Å²) in [5.74, 6) is -1.49. The number of aryl methyl sites for hydroxylation is 1. The van der Waals surface area contributed by atoms with Gasteiger partial charge in [0, 0.05) is 0 Å². The van der Waals surface area contributed by atoms with Gasteiger partial charge >= 0.3 is 6.03 Å². The minimum Gasteiger partial charge on any atom is -0.487 e. The quantitative estimate of drug-likeness (QED) is 0.220. The van der Waals surface area contributed by atoms with Gasteiger partial charge in [-0.25, -0.2) is 14.1 Å². The molecule has 0 unspecified atom stereocenters. The van der Waals surface area contributed by atoms with Gasteiger partial charge in [-0.3, -0.25) is 14.9 Å². The molecular formula is C25H17BrFIN2O4. The van der Waals surface area contributed by atoms with Gasteiger partial charge in [0.25, 0.3) is 11.8 Å². The Kier molecular flexibility index (Phi) is 7.13. The predicted molar refractivity (Wildman–Crippen MR) is 138 cm³/mol. The molecule has 0 spiro atoms. The first-order chi connectivity index (χ1) is 16.2. The zero-order valence-corrected chi connectivity index (χ0v) is 21.5. The standard InChI is InChI=1S/C25H17BrFIN2O4/c1-14-2-4-15(5-3-14)13-34-22-20(26)11-16(12-21(22)28)10-19-23(31)29-25(33)30(24(19)32)18-8-6-17(27)7-9-18/h2-12H,13H2,1H3,(H,29,31,33)/b19-10+. The summed E-state index contributed by atoms with van der Waals surface area (Å²) in [6.07, 6.45) is 1.40. The van der Waals surface area contributed by atoms with E-state index in [2.05, 4.69) is 43.8 Å². The average Bonchev–Trinajstić information content (AvgIpc) is 2.78. The number of amides is 4. The van der Waals surface area contributed by atoms with Crippen LogP contribution in [-0.4, -0.2) is 17.8 Å². The molecule has 1 aliphatic heterocycles. The van der Waals surface area contributed by atoms with E-state index in [0.29, 0.717) is 22.4 Å². The molecule has 4 amide bonds. The van der Waals surface area contributed by atoms with Crippen LogP contribution in [0.15, 0.2) is 70.7 Å². The summed E-state index contributed by atoms with van der Waals surface area (Å²) < 4.78 is 20.7. The molecule has 1 aliphatic rings. The lowest BCUT2D eigenvalue weighted by atomic mass is 10.1. The van der Waals surface area contributed by atoms with Gasteiger partial charge in [-0.05, 0) is 99.0 Å². The smallest absolute Gasteiger partial charge is 0.335 e. The second kappa shape index (κ2) is 10.1. The molecule has 1 fully saturated rings. The Morgan fingerprint density at radius 3 is 2.38 bits per heavy atom. The van der Waals surface area contributed by atoms with Crippen molar-refractivity contribution >= 4 is 68.1 Å². The fourth-order valence-corrected chi connectivity index (χ4v) is 5.06. The number of urea groups is 1. The largest absolute Gasteiger partial charge is 0.487 e. The van der Waals surface area contributed by atoms with Crippen LogP contribution in [0.4, 0.5) is 14.9 Å². The highest BCUT2D eigenvalue weighted by Gasteiger charge is 2.36. The van der Waals surface area contributed by atoms with E-state index in [-0.39, 0.29) is 11.3 Å². The Bertz CT molecular complexity index is 1300. The SMILES string of the molecule is Cc1ccc(COc2c(Br)cc(/C=C3\C(=O)NC(=O)N(c4ccc(F)cc4)C3=O)cc2I)cc1. The van der Waals surface area contributed by atoms with Crippen LogP contribution in [0.2, 0.25) is 0 Å². The molecule has 9 heteroatoms. The maximum Gasteiger partial charge on any atom is 0.335 e. The number of halogens is 3. The van der Waals surface area contributed by atoms with Crippen molar-refractivity contribution in [2.24, 2.45) is 0 Å². The Morgan fingerprint density at radius 2 is 1.74 bits per heavy atom. The van der Waals surface area contributed by atoms with E-state index in [1.807, 2.05) is 31.2 Å². The van der Waals surface area contributed by atoms with E-state index in [9.17, 15) is 18.8 Å². The molecule has 0 radical (unpaired) electrons. The molecule has 0 saturated carbocycles. The molecule has 172 valence electrons. The van der Waals surface area contributed by atoms with E-state index in [1.165, 1.54) is 18.2 Å². The van der Waals surface area contributed by atoms with Crippen molar-refractivity contribution in [3.63, 3.8) is 0 Å². The van der Waals surface area contributed by atoms with Crippen LogP contribution in [-0.2, 0) is 16.2 Å². The lowest BCUT2D eigenvalue weighted by Crippen LogP contribution is -2.54. The van der Waals surface area contributed by atoms with Crippen molar-refractivity contribution in [3.05, 3.63) is 96.8 Å². The van der Waals surface area contributed by atoms with Crippen molar-refractivity contribution in [2.75, 3.05) is 4.90 Å². The van der Waals surface area contributed by atoms with Crippen molar-refractivity contribution in [1.82, 2.24) is 5.32 Å². The summed E-state index contributed by atoms with van der Waals surface area (Å²) in [6.45, 7) is 2.40. The summed E-state index contributed by atoms with van der Waals surface area (Å²) >= 11 is 5.61. The molecule has 1 heterocycles. The highest BCUT2D eigenvalue weighted by atomic mass is 127. The first-order valence-corrected chi connectivity index (χ1v) is 11.9. The molecule has 3 aromatic rings. The summed E-state index contributed by atoms with van der Waals surface area (Å²) in [4.78, 5) is 38.5. The number of hydrogen-bond donors (Lipinski definition) is 1. The number of carbonyl (C=O) groups excluding carboxylic acids is 3. The number of benzene rings is 3. The predicted octanol–water partition coefficient (Wildman–Crippen LogP) is 5.75. The lowest BCUT2D eigenvalue weighted by Gasteiger charge is -2.26. The molecule has 4 rings (SSSR count). The molecule has 6 nitrogen and oxygen atoms in total. The van der Waals surface area contributed by atoms with Gasteiger partial charge in [-0.2, -0.15) is 0 Å². The van der Waals surface area contributed by atoms with E-state index < -0.39 is 23.7 Å². The van der Waals surface area contributed by atoms with Gasteiger partial charge in [0.2, 0.25) is 0 Å². The molecule has 1 saturated heterocycles. The van der Waals surface area contributed by atoms with Gasteiger partial charge in [-0.15, -0.1) is 0 Å². The fraction of sp³-hybridized carbons (Fsp3) is 0.0800. The number of barbiturate groups is 1. The summed E-state index contributed by atoms with van der Waals surface area (Å²) in [7, 11) is 0. The van der Waals surface area contributed by atoms with Crippen molar-refractivity contribution in [1.29, 1.82) is 0 Å². The number of rotatable bonds is 5. The van der Waals surface area contributed by atoms with Crippen LogP contribution in [0.5, 0.6) is 5.75 Å². The molecule has 0 bridgehead atoms. The molecule has 3 aromatic carbocycles. The van der Waals surface area contributed by atoms with E-state index in [1.54, 1.807) is 12.1 Å². The highest BCUT2D eigenvalue weighted by molar-refractivity contribution is 14.1. The number of carbonyl (C=O) groups is 3. The number of nitrogens with one attached hydrogen (secondary N) is 1. The second-order valence-corrected chi connectivity index (χ2v) is 9.54. The van der Waals surface area contributed by atoms with Crippen LogP contribution in [0.3, 0.4) is 0 Å². The molecule has 1 N–H and O–H groups in total. The van der Waals surface area contributed by atoms with Gasteiger partial charge in [0.1, 0.15) is 23.7 Å². The Hall–Kier alpha value is -3.05. The highest BCUT2D eigenvalue weighted by Crippen LogP contribution is 2.34. The first kappa shape index (κ1) is 24.1. The van der Waals surface area contributed by atoms with Crippen molar-refractivity contribution < 1.29 is 23.5 Å². The third-order valence-corrected chi connectivity index (χ3v) is 6.41. The van der Waals surface area contributed by atoms with E-state index in [4.69, 9.17) is 4.74 Å². The zero-order chi connectivity index (χ0) is 24.4. The number of ether oxygens (including phenoxy) is 1. The second-order valence-electron chi connectivity index (χ2n) is 7.52. The maximum absolute atomic E-state index is 13.3. The minimum atomic E-state index is -0.894. The average molecular weight is 635 g/mol. The van der Waals surface area contributed by atoms with Crippen LogP contribution in [0, 0.1) is 16.3 Å². The summed E-state index contributed by atoms with van der Waals surface area (Å²) in [5.41, 5.74) is 2.68. The lowest BCUT2D eigenvalue weighted by molar-refractivity contribution is -0.122. The number of imide groups is 2. The fourth-order valence-electron chi connectivity index (χ4n) is 3.29. The number of anilines is 1. The summed E-state index contributed by atoms with van der Waals surface area (Å²) in [5, 5.41) is 2.15. The third-order valence-electron chi connectivity index (χ3n) is 5.02. The first-order valence-electron chi connectivity index (χ1n) is 10.1. The minimum absolute atomic E-state index is 0.151. The number of nitrogens with zero attached hydrogens (tertiary/aromatic N) is 1. The molecule has 0 aromatic heterocycles. The number of hydrogen-bond acceptors (Lipinski definition) is 4. The summed E-state index contributed by atoms with van der Waals surface area (Å²) in [6, 6.07) is 15.5. The molecule has 0 aliphatic carbocycles. The monoisotopic (exact) mass is 634 g/mol. The van der Waals surface area contributed by atoms with Crippen LogP contribution >= 0.6 is 38.5 Å². The third kappa shape index (κ3) is 5.20. The van der Waals surface area contributed by atoms with Crippen LogP contribution in [0.25, 0.3) is 6.08 Å². The maximum atomic E-state index is 13.3. The Balaban J connectivity index is 1.60. The molecule has 34 heavy (non-hydrogen) atoms. The van der Waals surface area contributed by atoms with Gasteiger partial charge in [0.15, 0.2) is 0 Å². The Morgan fingerprint density at radius 1 is 1.06 bits per heavy atom. The zero-order valence-electron chi connectivity index (χ0n) is 17.8. The topological polar surface area (TPSA) is 75.7 Å². The Labute approximate surface area is 217 Å². The van der Waals surface area contributed by atoms with Crippen LogP contribution in [0.1, 0.15) is 16.7 Å². The van der Waals surface area contributed by atoms with Crippen molar-refractivity contribution in [3.8, 4) is 5.75 Å². The van der Waals surface area contributed by atoms with Gasteiger partial charge in [0.05, 0.1) is 13.7 Å². The van der Waals surface area contributed by atoms with Gasteiger partial charge < -0.3 is 4.74 Å². The van der Waals surface area contributed by atoms with Crippen LogP contribution < -0.4 is 15.0 Å².